The lowest BCUT2D eigenvalue weighted by Crippen LogP contribution is -2.36. The van der Waals surface area contributed by atoms with Gasteiger partial charge in [0, 0.05) is 18.1 Å². The Kier molecular flexibility index (Phi) is 4.58. The van der Waals surface area contributed by atoms with Gasteiger partial charge in [0.15, 0.2) is 0 Å². The first-order valence-corrected chi connectivity index (χ1v) is 5.85. The molecule has 2 nitrogen and oxygen atoms in total. The van der Waals surface area contributed by atoms with Gasteiger partial charge in [0.25, 0.3) is 0 Å². The largest absolute Gasteiger partial charge is 0.405 e. The maximum Gasteiger partial charge on any atom is 0.405 e. The highest BCUT2D eigenvalue weighted by Gasteiger charge is 2.31. The van der Waals surface area contributed by atoms with Crippen LogP contribution in [0.25, 0.3) is 0 Å². The summed E-state index contributed by atoms with van der Waals surface area (Å²) in [6.45, 7) is 1.14. The number of nitrogens with zero attached hydrogens (tertiary/aromatic N) is 2. The Hall–Kier alpha value is -0.780. The number of aryl methyl sites for hydroxylation is 1. The standard InChI is InChI=1S/C10H12BrF3N2/c1-8-2-3-9(15-6-8)16(5-4-11)7-10(12,13)14/h2-3,6H,4-5,7H2,1H3. The second kappa shape index (κ2) is 5.52. The number of aromatic nitrogens is 1. The second-order valence-electron chi connectivity index (χ2n) is 3.42. The molecule has 0 saturated carbocycles. The van der Waals surface area contributed by atoms with Gasteiger partial charge >= 0.3 is 6.18 Å². The number of alkyl halides is 4. The molecule has 0 saturated heterocycles. The van der Waals surface area contributed by atoms with Crippen molar-refractivity contribution in [3.8, 4) is 0 Å². The molecule has 0 aliphatic carbocycles. The molecule has 1 heterocycles. The van der Waals surface area contributed by atoms with Crippen LogP contribution in [0.2, 0.25) is 0 Å². The molecule has 1 aromatic rings. The molecule has 90 valence electrons. The van der Waals surface area contributed by atoms with Crippen molar-refractivity contribution in [2.24, 2.45) is 0 Å². The van der Waals surface area contributed by atoms with Crippen molar-refractivity contribution in [1.29, 1.82) is 0 Å². The third-order valence-corrected chi connectivity index (χ3v) is 2.30. The van der Waals surface area contributed by atoms with Gasteiger partial charge in [0.2, 0.25) is 0 Å². The van der Waals surface area contributed by atoms with Crippen LogP contribution in [0.3, 0.4) is 0 Å². The van der Waals surface area contributed by atoms with E-state index in [0.29, 0.717) is 11.1 Å². The molecule has 1 aromatic heterocycles. The van der Waals surface area contributed by atoms with E-state index < -0.39 is 12.7 Å². The molecule has 1 rings (SSSR count). The summed E-state index contributed by atoms with van der Waals surface area (Å²) in [6, 6.07) is 3.35. The summed E-state index contributed by atoms with van der Waals surface area (Å²) >= 11 is 3.13. The van der Waals surface area contributed by atoms with E-state index in [0.717, 1.165) is 5.56 Å². The Labute approximate surface area is 101 Å². The summed E-state index contributed by atoms with van der Waals surface area (Å²) in [7, 11) is 0. The molecule has 6 heteroatoms. The van der Waals surface area contributed by atoms with E-state index in [9.17, 15) is 13.2 Å². The van der Waals surface area contributed by atoms with Crippen molar-refractivity contribution >= 4 is 21.7 Å². The molecule has 0 bridgehead atoms. The maximum atomic E-state index is 12.3. The first-order chi connectivity index (χ1) is 7.42. The maximum absolute atomic E-state index is 12.3. The zero-order chi connectivity index (χ0) is 12.2. The lowest BCUT2D eigenvalue weighted by Gasteiger charge is -2.24. The molecular formula is C10H12BrF3N2. The number of halogens is 4. The van der Waals surface area contributed by atoms with Crippen LogP contribution in [0.4, 0.5) is 19.0 Å². The SMILES string of the molecule is Cc1ccc(N(CCBr)CC(F)(F)F)nc1. The Balaban J connectivity index is 2.80. The number of pyridine rings is 1. The van der Waals surface area contributed by atoms with Crippen LogP contribution in [-0.2, 0) is 0 Å². The van der Waals surface area contributed by atoms with Crippen molar-refractivity contribution in [2.75, 3.05) is 23.3 Å². The molecule has 16 heavy (non-hydrogen) atoms. The van der Waals surface area contributed by atoms with Crippen LogP contribution >= 0.6 is 15.9 Å². The Morgan fingerprint density at radius 1 is 1.38 bits per heavy atom. The molecule has 0 N–H and O–H groups in total. The predicted molar refractivity (Wildman–Crippen MR) is 61.0 cm³/mol. The van der Waals surface area contributed by atoms with Crippen molar-refractivity contribution in [3.63, 3.8) is 0 Å². The zero-order valence-corrected chi connectivity index (χ0v) is 10.3. The quantitative estimate of drug-likeness (QED) is 0.794. The van der Waals surface area contributed by atoms with Crippen LogP contribution in [-0.4, -0.2) is 29.6 Å². The predicted octanol–water partition coefficient (Wildman–Crippen LogP) is 3.15. The monoisotopic (exact) mass is 296 g/mol. The van der Waals surface area contributed by atoms with Gasteiger partial charge in [0.1, 0.15) is 12.4 Å². The fraction of sp³-hybridized carbons (Fsp3) is 0.500. The van der Waals surface area contributed by atoms with Crippen molar-refractivity contribution in [2.45, 2.75) is 13.1 Å². The summed E-state index contributed by atoms with van der Waals surface area (Å²) < 4.78 is 36.9. The first kappa shape index (κ1) is 13.3. The molecule has 0 aliphatic rings. The van der Waals surface area contributed by atoms with E-state index in [1.807, 2.05) is 6.92 Å². The highest BCUT2D eigenvalue weighted by atomic mass is 79.9. The molecule has 0 spiro atoms. The molecule has 0 radical (unpaired) electrons. The van der Waals surface area contributed by atoms with Gasteiger partial charge in [-0.2, -0.15) is 13.2 Å². The van der Waals surface area contributed by atoms with Crippen LogP contribution < -0.4 is 4.90 Å². The lowest BCUT2D eigenvalue weighted by molar-refractivity contribution is -0.119. The summed E-state index contributed by atoms with van der Waals surface area (Å²) in [5.74, 6) is 0.349. The van der Waals surface area contributed by atoms with Gasteiger partial charge in [-0.15, -0.1) is 0 Å². The number of hydrogen-bond donors (Lipinski definition) is 0. The highest BCUT2D eigenvalue weighted by molar-refractivity contribution is 9.09. The zero-order valence-electron chi connectivity index (χ0n) is 8.76. The average molecular weight is 297 g/mol. The number of hydrogen-bond acceptors (Lipinski definition) is 2. The molecular weight excluding hydrogens is 285 g/mol. The smallest absolute Gasteiger partial charge is 0.347 e. The lowest BCUT2D eigenvalue weighted by atomic mass is 10.3. The molecule has 0 aliphatic heterocycles. The van der Waals surface area contributed by atoms with Crippen LogP contribution in [0.1, 0.15) is 5.56 Å². The number of rotatable bonds is 4. The minimum atomic E-state index is -4.21. The van der Waals surface area contributed by atoms with Crippen LogP contribution in [0.5, 0.6) is 0 Å². The van der Waals surface area contributed by atoms with E-state index in [1.54, 1.807) is 18.3 Å². The van der Waals surface area contributed by atoms with Gasteiger partial charge < -0.3 is 4.90 Å². The Bertz CT molecular complexity index is 324. The Morgan fingerprint density at radius 3 is 2.50 bits per heavy atom. The third kappa shape index (κ3) is 4.38. The normalized spacial score (nSPS) is 11.6. The summed E-state index contributed by atoms with van der Waals surface area (Å²) in [6.07, 6.45) is -2.65. The van der Waals surface area contributed by atoms with E-state index in [-0.39, 0.29) is 6.54 Å². The fourth-order valence-electron chi connectivity index (χ4n) is 1.24. The van der Waals surface area contributed by atoms with E-state index in [4.69, 9.17) is 0 Å². The van der Waals surface area contributed by atoms with E-state index in [1.165, 1.54) is 4.90 Å². The van der Waals surface area contributed by atoms with Crippen molar-refractivity contribution in [1.82, 2.24) is 4.98 Å². The van der Waals surface area contributed by atoms with Crippen molar-refractivity contribution in [3.05, 3.63) is 23.9 Å². The molecule has 0 amide bonds. The first-order valence-electron chi connectivity index (χ1n) is 4.72. The van der Waals surface area contributed by atoms with Gasteiger partial charge in [-0.25, -0.2) is 4.98 Å². The molecule has 0 fully saturated rings. The molecule has 0 atom stereocenters. The van der Waals surface area contributed by atoms with Crippen LogP contribution in [0, 0.1) is 6.92 Å². The third-order valence-electron chi connectivity index (χ3n) is 1.94. The van der Waals surface area contributed by atoms with Crippen LogP contribution in [0.15, 0.2) is 18.3 Å². The van der Waals surface area contributed by atoms with E-state index >= 15 is 0 Å². The Morgan fingerprint density at radius 2 is 2.06 bits per heavy atom. The minimum Gasteiger partial charge on any atom is -0.347 e. The van der Waals surface area contributed by atoms with Gasteiger partial charge in [-0.1, -0.05) is 22.0 Å². The molecule has 0 unspecified atom stereocenters. The van der Waals surface area contributed by atoms with Gasteiger partial charge in [-0.3, -0.25) is 0 Å². The summed E-state index contributed by atoms with van der Waals surface area (Å²) in [4.78, 5) is 5.19. The van der Waals surface area contributed by atoms with E-state index in [2.05, 4.69) is 20.9 Å². The second-order valence-corrected chi connectivity index (χ2v) is 4.21. The van der Waals surface area contributed by atoms with Crippen molar-refractivity contribution < 1.29 is 13.2 Å². The summed E-state index contributed by atoms with van der Waals surface area (Å²) in [5.41, 5.74) is 0.926. The minimum absolute atomic E-state index is 0.273. The number of anilines is 1. The fourth-order valence-corrected chi connectivity index (χ4v) is 1.67. The highest BCUT2D eigenvalue weighted by Crippen LogP contribution is 2.20. The summed E-state index contributed by atoms with van der Waals surface area (Å²) in [5, 5.41) is 0.471. The van der Waals surface area contributed by atoms with Gasteiger partial charge in [0.05, 0.1) is 0 Å². The molecule has 0 aromatic carbocycles. The topological polar surface area (TPSA) is 16.1 Å². The van der Waals surface area contributed by atoms with Gasteiger partial charge in [-0.05, 0) is 18.6 Å². The average Bonchev–Trinajstić information content (AvgIpc) is 2.16.